The summed E-state index contributed by atoms with van der Waals surface area (Å²) in [6.45, 7) is 2.83. The van der Waals surface area contributed by atoms with E-state index in [9.17, 15) is 9.36 Å². The molecule has 8 nitrogen and oxygen atoms in total. The van der Waals surface area contributed by atoms with Gasteiger partial charge in [-0.1, -0.05) is 0 Å². The summed E-state index contributed by atoms with van der Waals surface area (Å²) in [5.41, 5.74) is 1.61. The molecule has 0 aliphatic carbocycles. The van der Waals surface area contributed by atoms with Gasteiger partial charge in [-0.2, -0.15) is 5.10 Å². The van der Waals surface area contributed by atoms with Crippen molar-refractivity contribution in [2.45, 2.75) is 13.3 Å². The fraction of sp³-hybridized carbons (Fsp3) is 0.364. The molecule has 0 aliphatic heterocycles. The fourth-order valence-corrected chi connectivity index (χ4v) is 2.09. The zero-order valence-corrected chi connectivity index (χ0v) is 12.0. The van der Waals surface area contributed by atoms with Gasteiger partial charge in [0.1, 0.15) is 11.8 Å². The Kier molecular flexibility index (Phi) is 4.17. The molecule has 2 N–H and O–H groups in total. The average Bonchev–Trinajstić information content (AvgIpc) is 2.71. The average molecular weight is 298 g/mol. The van der Waals surface area contributed by atoms with E-state index >= 15 is 0 Å². The predicted octanol–water partition coefficient (Wildman–Crippen LogP) is 1.20. The summed E-state index contributed by atoms with van der Waals surface area (Å²) in [7, 11) is -3.55. The Bertz CT molecular complexity index is 678. The van der Waals surface area contributed by atoms with Crippen LogP contribution in [-0.2, 0) is 13.9 Å². The smallest absolute Gasteiger partial charge is 0.324 e. The molecule has 9 heteroatoms. The van der Waals surface area contributed by atoms with Crippen LogP contribution in [0.1, 0.15) is 12.1 Å². The number of aryl methyl sites for hydroxylation is 1. The first-order valence-corrected chi connectivity index (χ1v) is 7.93. The maximum Gasteiger partial charge on any atom is 0.325 e. The van der Waals surface area contributed by atoms with Crippen molar-refractivity contribution in [1.82, 2.24) is 14.6 Å². The SMILES string of the molecule is Cc1ccc2c(NC(=O)CCOP(C)(=O)O)ncnn12. The molecule has 2 rings (SSSR count). The molecule has 0 spiro atoms. The summed E-state index contributed by atoms with van der Waals surface area (Å²) < 4.78 is 17.2. The van der Waals surface area contributed by atoms with Gasteiger partial charge in [0.05, 0.1) is 13.0 Å². The Morgan fingerprint density at radius 3 is 3.00 bits per heavy atom. The number of fused-ring (bicyclic) bond motifs is 1. The maximum absolute atomic E-state index is 11.7. The van der Waals surface area contributed by atoms with Gasteiger partial charge >= 0.3 is 7.60 Å². The third kappa shape index (κ3) is 3.63. The van der Waals surface area contributed by atoms with Crippen LogP contribution in [0, 0.1) is 6.92 Å². The van der Waals surface area contributed by atoms with Gasteiger partial charge in [0, 0.05) is 12.4 Å². The van der Waals surface area contributed by atoms with E-state index in [1.54, 1.807) is 10.6 Å². The lowest BCUT2D eigenvalue weighted by Gasteiger charge is -2.08. The van der Waals surface area contributed by atoms with Crippen LogP contribution in [0.25, 0.3) is 5.52 Å². The number of nitrogens with one attached hydrogen (secondary N) is 1. The molecular weight excluding hydrogens is 283 g/mol. The van der Waals surface area contributed by atoms with Gasteiger partial charge in [-0.15, -0.1) is 0 Å². The molecule has 0 fully saturated rings. The number of anilines is 1. The number of aromatic nitrogens is 3. The molecule has 0 aromatic carbocycles. The minimum Gasteiger partial charge on any atom is -0.324 e. The van der Waals surface area contributed by atoms with E-state index in [4.69, 9.17) is 4.89 Å². The van der Waals surface area contributed by atoms with Crippen molar-refractivity contribution >= 4 is 24.8 Å². The topological polar surface area (TPSA) is 106 Å². The summed E-state index contributed by atoms with van der Waals surface area (Å²) >= 11 is 0. The van der Waals surface area contributed by atoms with E-state index in [0.29, 0.717) is 11.3 Å². The Labute approximate surface area is 115 Å². The highest BCUT2D eigenvalue weighted by atomic mass is 31.2. The van der Waals surface area contributed by atoms with Gasteiger partial charge in [0.25, 0.3) is 0 Å². The van der Waals surface area contributed by atoms with Gasteiger partial charge in [-0.25, -0.2) is 9.50 Å². The van der Waals surface area contributed by atoms with E-state index < -0.39 is 7.60 Å². The highest BCUT2D eigenvalue weighted by Crippen LogP contribution is 2.36. The van der Waals surface area contributed by atoms with Crippen LogP contribution >= 0.6 is 7.60 Å². The molecule has 1 unspecified atom stereocenters. The first kappa shape index (κ1) is 14.6. The molecule has 1 atom stereocenters. The quantitative estimate of drug-likeness (QED) is 0.803. The molecule has 0 bridgehead atoms. The zero-order chi connectivity index (χ0) is 14.8. The minimum absolute atomic E-state index is 0.0335. The number of nitrogens with zero attached hydrogens (tertiary/aromatic N) is 3. The number of amides is 1. The lowest BCUT2D eigenvalue weighted by Crippen LogP contribution is -2.15. The molecule has 2 heterocycles. The van der Waals surface area contributed by atoms with Crippen LogP contribution in [0.3, 0.4) is 0 Å². The van der Waals surface area contributed by atoms with Gasteiger partial charge in [-0.3, -0.25) is 9.36 Å². The van der Waals surface area contributed by atoms with E-state index in [-0.39, 0.29) is 18.9 Å². The van der Waals surface area contributed by atoms with Gasteiger partial charge in [-0.05, 0) is 19.1 Å². The standard InChI is InChI=1S/C11H15N4O4P/c1-8-3-4-9-11(12-7-13-15(8)9)14-10(16)5-6-19-20(2,17)18/h3-4,7H,5-6H2,1-2H3,(H,17,18)(H,12,13,14,16). The van der Waals surface area contributed by atoms with E-state index in [1.807, 2.05) is 13.0 Å². The highest BCUT2D eigenvalue weighted by Gasteiger charge is 2.13. The van der Waals surface area contributed by atoms with Crippen LogP contribution in [0.2, 0.25) is 0 Å². The summed E-state index contributed by atoms with van der Waals surface area (Å²) in [6, 6.07) is 3.66. The molecule has 20 heavy (non-hydrogen) atoms. The molecule has 1 amide bonds. The largest absolute Gasteiger partial charge is 0.325 e. The zero-order valence-electron chi connectivity index (χ0n) is 11.1. The predicted molar refractivity (Wildman–Crippen MR) is 72.7 cm³/mol. The third-order valence-corrected chi connectivity index (χ3v) is 3.22. The van der Waals surface area contributed by atoms with Crippen molar-refractivity contribution in [3.63, 3.8) is 0 Å². The number of hydrogen-bond donors (Lipinski definition) is 2. The number of hydrogen-bond acceptors (Lipinski definition) is 5. The maximum atomic E-state index is 11.7. The summed E-state index contributed by atoms with van der Waals surface area (Å²) in [5, 5.41) is 6.69. The van der Waals surface area contributed by atoms with Crippen molar-refractivity contribution in [2.75, 3.05) is 18.6 Å². The number of carbonyl (C=O) groups excluding carboxylic acids is 1. The van der Waals surface area contributed by atoms with Crippen molar-refractivity contribution in [3.8, 4) is 0 Å². The molecule has 0 saturated carbocycles. The first-order chi connectivity index (χ1) is 9.37. The lowest BCUT2D eigenvalue weighted by molar-refractivity contribution is -0.116. The van der Waals surface area contributed by atoms with E-state index in [1.165, 1.54) is 6.33 Å². The first-order valence-electron chi connectivity index (χ1n) is 5.91. The van der Waals surface area contributed by atoms with Gasteiger partial charge in [0.2, 0.25) is 5.91 Å². The van der Waals surface area contributed by atoms with E-state index in [0.717, 1.165) is 12.4 Å². The fourth-order valence-electron chi connectivity index (χ4n) is 1.66. The summed E-state index contributed by atoms with van der Waals surface area (Å²) in [4.78, 5) is 24.7. The lowest BCUT2D eigenvalue weighted by atomic mass is 10.4. The third-order valence-electron chi connectivity index (χ3n) is 2.56. The van der Waals surface area contributed by atoms with Crippen LogP contribution in [0.15, 0.2) is 18.5 Å². The van der Waals surface area contributed by atoms with Crippen molar-refractivity contribution in [3.05, 3.63) is 24.2 Å². The van der Waals surface area contributed by atoms with Crippen LogP contribution in [0.5, 0.6) is 0 Å². The van der Waals surface area contributed by atoms with Crippen molar-refractivity contribution < 1.29 is 18.8 Å². The Morgan fingerprint density at radius 2 is 2.30 bits per heavy atom. The number of carbonyl (C=O) groups is 1. The highest BCUT2D eigenvalue weighted by molar-refractivity contribution is 7.51. The Morgan fingerprint density at radius 1 is 1.55 bits per heavy atom. The second-order valence-electron chi connectivity index (χ2n) is 4.31. The van der Waals surface area contributed by atoms with Crippen LogP contribution in [0.4, 0.5) is 5.82 Å². The molecule has 2 aromatic rings. The number of rotatable bonds is 5. The normalized spacial score (nSPS) is 14.2. The molecule has 0 saturated heterocycles. The summed E-state index contributed by atoms with van der Waals surface area (Å²) in [6.07, 6.45) is 1.31. The van der Waals surface area contributed by atoms with E-state index in [2.05, 4.69) is 19.9 Å². The Balaban J connectivity index is 2.01. The molecule has 0 aliphatic rings. The Hall–Kier alpha value is -1.76. The molecule has 0 radical (unpaired) electrons. The monoisotopic (exact) mass is 298 g/mol. The van der Waals surface area contributed by atoms with Crippen LogP contribution in [-0.4, -0.2) is 38.7 Å². The van der Waals surface area contributed by atoms with Gasteiger partial charge < -0.3 is 14.7 Å². The van der Waals surface area contributed by atoms with Gasteiger partial charge in [0.15, 0.2) is 5.82 Å². The summed E-state index contributed by atoms with van der Waals surface area (Å²) in [5.74, 6) is 0.0414. The van der Waals surface area contributed by atoms with Crippen molar-refractivity contribution in [2.24, 2.45) is 0 Å². The second-order valence-corrected chi connectivity index (χ2v) is 6.18. The minimum atomic E-state index is -3.55. The molecular formula is C11H15N4O4P. The van der Waals surface area contributed by atoms with Crippen molar-refractivity contribution in [1.29, 1.82) is 0 Å². The van der Waals surface area contributed by atoms with Crippen LogP contribution < -0.4 is 5.32 Å². The molecule has 108 valence electrons. The molecule has 2 aromatic heterocycles. The second kappa shape index (κ2) is 5.70.